The summed E-state index contributed by atoms with van der Waals surface area (Å²) in [6, 6.07) is 8.87. The van der Waals surface area contributed by atoms with Crippen molar-refractivity contribution in [3.8, 4) is 0 Å². The number of alkyl halides is 3. The second-order valence-corrected chi connectivity index (χ2v) is 6.96. The van der Waals surface area contributed by atoms with E-state index in [9.17, 15) is 22.8 Å². The molecule has 0 spiro atoms. The molecule has 2 fully saturated rings. The molecule has 3 rings (SSSR count). The van der Waals surface area contributed by atoms with E-state index in [0.717, 1.165) is 31.4 Å². The van der Waals surface area contributed by atoms with Crippen molar-refractivity contribution in [2.75, 3.05) is 19.6 Å². The highest BCUT2D eigenvalue weighted by Crippen LogP contribution is 2.53. The van der Waals surface area contributed by atoms with Crippen molar-refractivity contribution in [2.45, 2.75) is 37.4 Å². The molecule has 0 radical (unpaired) electrons. The average Bonchev–Trinajstić information content (AvgIpc) is 2.58. The van der Waals surface area contributed by atoms with Crippen LogP contribution in [0.4, 0.5) is 18.0 Å². The number of carbonyl (C=O) groups is 2. The van der Waals surface area contributed by atoms with Crippen LogP contribution < -0.4 is 10.6 Å². The SMILES string of the molecule is O=C(CN1C[C@H]2CCCC[C@]21c1ccccc1)NC(=O)NCC(F)(F)F. The molecule has 1 aliphatic carbocycles. The second-order valence-electron chi connectivity index (χ2n) is 6.96. The van der Waals surface area contributed by atoms with Crippen LogP contribution in [0.5, 0.6) is 0 Å². The van der Waals surface area contributed by atoms with E-state index < -0.39 is 24.7 Å². The van der Waals surface area contributed by atoms with Crippen LogP contribution in [0.25, 0.3) is 0 Å². The fraction of sp³-hybridized carbons (Fsp3) is 0.556. The molecule has 2 atom stereocenters. The van der Waals surface area contributed by atoms with Gasteiger partial charge in [-0.1, -0.05) is 43.2 Å². The number of fused-ring (bicyclic) bond motifs is 1. The van der Waals surface area contributed by atoms with E-state index in [1.165, 1.54) is 6.42 Å². The monoisotopic (exact) mass is 369 g/mol. The van der Waals surface area contributed by atoms with Crippen molar-refractivity contribution in [2.24, 2.45) is 5.92 Å². The minimum atomic E-state index is -4.51. The molecule has 1 heterocycles. The Morgan fingerprint density at radius 2 is 1.92 bits per heavy atom. The van der Waals surface area contributed by atoms with Gasteiger partial charge in [-0.25, -0.2) is 4.79 Å². The van der Waals surface area contributed by atoms with Gasteiger partial charge in [-0.3, -0.25) is 15.0 Å². The molecule has 3 amide bonds. The maximum atomic E-state index is 12.1. The van der Waals surface area contributed by atoms with Crippen LogP contribution in [0.15, 0.2) is 30.3 Å². The zero-order valence-corrected chi connectivity index (χ0v) is 14.3. The van der Waals surface area contributed by atoms with E-state index in [-0.39, 0.29) is 12.1 Å². The molecule has 1 aromatic carbocycles. The van der Waals surface area contributed by atoms with Crippen molar-refractivity contribution in [3.05, 3.63) is 35.9 Å². The van der Waals surface area contributed by atoms with Crippen LogP contribution in [-0.4, -0.2) is 42.6 Å². The van der Waals surface area contributed by atoms with Gasteiger partial charge < -0.3 is 5.32 Å². The van der Waals surface area contributed by atoms with Crippen LogP contribution in [0, 0.1) is 5.92 Å². The maximum absolute atomic E-state index is 12.1. The number of hydrogen-bond acceptors (Lipinski definition) is 3. The molecule has 1 aliphatic heterocycles. The van der Waals surface area contributed by atoms with Crippen molar-refractivity contribution >= 4 is 11.9 Å². The van der Waals surface area contributed by atoms with Crippen molar-refractivity contribution < 1.29 is 22.8 Å². The van der Waals surface area contributed by atoms with Gasteiger partial charge in [0, 0.05) is 6.54 Å². The average molecular weight is 369 g/mol. The summed E-state index contributed by atoms with van der Waals surface area (Å²) in [5.74, 6) is -0.130. The Kier molecular flexibility index (Phi) is 5.22. The van der Waals surface area contributed by atoms with Gasteiger partial charge in [0.05, 0.1) is 12.1 Å². The molecule has 8 heteroatoms. The summed E-state index contributed by atoms with van der Waals surface area (Å²) in [7, 11) is 0. The number of likely N-dealkylation sites (tertiary alicyclic amines) is 1. The molecule has 1 saturated carbocycles. The number of rotatable bonds is 4. The normalized spacial score (nSPS) is 25.7. The quantitative estimate of drug-likeness (QED) is 0.858. The molecule has 0 bridgehead atoms. The number of halogens is 3. The molecule has 1 saturated heterocycles. The van der Waals surface area contributed by atoms with E-state index in [1.807, 2.05) is 28.4 Å². The molecule has 142 valence electrons. The topological polar surface area (TPSA) is 61.4 Å². The molecule has 0 unspecified atom stereocenters. The standard InChI is InChI=1S/C18H22F3N3O2/c19-18(20,21)12-22-16(26)23-15(25)11-24-10-14-8-4-5-9-17(14,24)13-6-2-1-3-7-13/h1-3,6-7,14H,4-5,8-12H2,(H2,22,23,25,26)/t14-,17+/m1/s1. The lowest BCUT2D eigenvalue weighted by atomic mass is 9.62. The van der Waals surface area contributed by atoms with Crippen LogP contribution >= 0.6 is 0 Å². The molecule has 26 heavy (non-hydrogen) atoms. The Morgan fingerprint density at radius 1 is 1.19 bits per heavy atom. The van der Waals surface area contributed by atoms with Crippen LogP contribution in [0.2, 0.25) is 0 Å². The molecule has 5 nitrogen and oxygen atoms in total. The third kappa shape index (κ3) is 3.85. The predicted octanol–water partition coefficient (Wildman–Crippen LogP) is 2.78. The van der Waals surface area contributed by atoms with Gasteiger partial charge in [-0.2, -0.15) is 13.2 Å². The Labute approximate surface area is 149 Å². The fourth-order valence-corrected chi connectivity index (χ4v) is 4.26. The first kappa shape index (κ1) is 18.7. The molecular formula is C18H22F3N3O2. The number of amides is 3. The first-order chi connectivity index (χ1) is 12.3. The van der Waals surface area contributed by atoms with Gasteiger partial charge in [-0.15, -0.1) is 0 Å². The lowest BCUT2D eigenvalue weighted by Crippen LogP contribution is -2.67. The first-order valence-electron chi connectivity index (χ1n) is 8.76. The number of nitrogens with one attached hydrogen (secondary N) is 2. The molecule has 1 aromatic rings. The zero-order valence-electron chi connectivity index (χ0n) is 14.3. The van der Waals surface area contributed by atoms with Crippen molar-refractivity contribution in [3.63, 3.8) is 0 Å². The highest BCUT2D eigenvalue weighted by molar-refractivity contribution is 5.95. The Morgan fingerprint density at radius 3 is 2.58 bits per heavy atom. The number of hydrogen-bond donors (Lipinski definition) is 2. The van der Waals surface area contributed by atoms with Gasteiger partial charge in [0.2, 0.25) is 5.91 Å². The van der Waals surface area contributed by atoms with Crippen molar-refractivity contribution in [1.29, 1.82) is 0 Å². The van der Waals surface area contributed by atoms with Gasteiger partial charge in [0.25, 0.3) is 0 Å². The van der Waals surface area contributed by atoms with E-state index in [0.29, 0.717) is 5.92 Å². The summed E-state index contributed by atoms with van der Waals surface area (Å²) in [4.78, 5) is 25.6. The van der Waals surface area contributed by atoms with Crippen molar-refractivity contribution in [1.82, 2.24) is 15.5 Å². The van der Waals surface area contributed by atoms with Gasteiger partial charge >= 0.3 is 12.2 Å². The van der Waals surface area contributed by atoms with E-state index in [4.69, 9.17) is 0 Å². The number of benzene rings is 1. The Hall–Kier alpha value is -2.09. The zero-order chi connectivity index (χ0) is 18.8. The summed E-state index contributed by atoms with van der Waals surface area (Å²) < 4.78 is 36.3. The first-order valence-corrected chi connectivity index (χ1v) is 8.76. The van der Waals surface area contributed by atoms with Crippen LogP contribution in [0.3, 0.4) is 0 Å². The summed E-state index contributed by atoms with van der Waals surface area (Å²) in [5, 5.41) is 3.63. The summed E-state index contributed by atoms with van der Waals surface area (Å²) in [5.41, 5.74) is 0.949. The van der Waals surface area contributed by atoms with Gasteiger partial charge in [-0.05, 0) is 24.3 Å². The molecule has 2 aliphatic rings. The summed E-state index contributed by atoms with van der Waals surface area (Å²) >= 11 is 0. The van der Waals surface area contributed by atoms with E-state index in [1.54, 1.807) is 5.32 Å². The minimum Gasteiger partial charge on any atom is -0.329 e. The number of imide groups is 1. The second kappa shape index (κ2) is 7.26. The van der Waals surface area contributed by atoms with Crippen LogP contribution in [-0.2, 0) is 10.3 Å². The summed E-state index contributed by atoms with van der Waals surface area (Å²) in [6.07, 6.45) is -0.242. The van der Waals surface area contributed by atoms with Gasteiger partial charge in [0.15, 0.2) is 0 Å². The fourth-order valence-electron chi connectivity index (χ4n) is 4.26. The van der Waals surface area contributed by atoms with E-state index >= 15 is 0 Å². The smallest absolute Gasteiger partial charge is 0.329 e. The Bertz CT molecular complexity index is 665. The third-order valence-electron chi connectivity index (χ3n) is 5.35. The third-order valence-corrected chi connectivity index (χ3v) is 5.35. The predicted molar refractivity (Wildman–Crippen MR) is 89.2 cm³/mol. The van der Waals surface area contributed by atoms with Crippen LogP contribution in [0.1, 0.15) is 31.2 Å². The molecule has 2 N–H and O–H groups in total. The molecular weight excluding hydrogens is 347 g/mol. The maximum Gasteiger partial charge on any atom is 0.405 e. The lowest BCUT2D eigenvalue weighted by molar-refractivity contribution is -0.141. The largest absolute Gasteiger partial charge is 0.405 e. The number of urea groups is 1. The number of carbonyl (C=O) groups excluding carboxylic acids is 2. The highest BCUT2D eigenvalue weighted by Gasteiger charge is 2.55. The number of nitrogens with zero attached hydrogens (tertiary/aromatic N) is 1. The molecule has 0 aromatic heterocycles. The highest BCUT2D eigenvalue weighted by atomic mass is 19.4. The summed E-state index contributed by atoms with van der Waals surface area (Å²) in [6.45, 7) is -0.719. The van der Waals surface area contributed by atoms with Gasteiger partial charge in [0.1, 0.15) is 6.54 Å². The minimum absolute atomic E-state index is 0.00910. The Balaban J connectivity index is 1.62. The lowest BCUT2D eigenvalue weighted by Gasteiger charge is -2.61. The van der Waals surface area contributed by atoms with E-state index in [2.05, 4.69) is 12.1 Å².